The van der Waals surface area contributed by atoms with E-state index in [-0.39, 0.29) is 0 Å². The van der Waals surface area contributed by atoms with E-state index in [0.717, 1.165) is 10.8 Å². The summed E-state index contributed by atoms with van der Waals surface area (Å²) in [7, 11) is 0. The van der Waals surface area contributed by atoms with Gasteiger partial charge < -0.3 is 5.32 Å². The lowest BCUT2D eigenvalue weighted by Gasteiger charge is -2.19. The highest BCUT2D eigenvalue weighted by Crippen LogP contribution is 2.24. The maximum atomic E-state index is 5.89. The van der Waals surface area contributed by atoms with Crippen LogP contribution in [0, 0.1) is 0 Å². The average molecular weight is 242 g/mol. The molecule has 2 atom stereocenters. The monoisotopic (exact) mass is 241 g/mol. The third-order valence-corrected chi connectivity index (χ3v) is 4.08. The van der Waals surface area contributed by atoms with Crippen LogP contribution in [0.4, 0.5) is 0 Å². The highest BCUT2D eigenvalue weighted by atomic mass is 35.5. The van der Waals surface area contributed by atoms with Crippen LogP contribution in [-0.2, 0) is 0 Å². The fraction of sp³-hybridized carbons (Fsp3) is 0.500. The molecule has 0 spiro atoms. The van der Waals surface area contributed by atoms with E-state index in [1.807, 2.05) is 23.9 Å². The van der Waals surface area contributed by atoms with E-state index < -0.39 is 0 Å². The summed E-state index contributed by atoms with van der Waals surface area (Å²) in [4.78, 5) is 0. The van der Waals surface area contributed by atoms with Gasteiger partial charge in [0, 0.05) is 22.9 Å². The predicted octanol–water partition coefficient (Wildman–Crippen LogP) is 3.50. The zero-order chi connectivity index (χ0) is 10.7. The molecule has 1 saturated heterocycles. The number of benzene rings is 1. The second kappa shape index (κ2) is 5.24. The van der Waals surface area contributed by atoms with Gasteiger partial charge in [0.25, 0.3) is 0 Å². The van der Waals surface area contributed by atoms with Crippen LogP contribution >= 0.6 is 23.4 Å². The van der Waals surface area contributed by atoms with E-state index in [9.17, 15) is 0 Å². The minimum Gasteiger partial charge on any atom is -0.307 e. The molecule has 2 unspecified atom stereocenters. The summed E-state index contributed by atoms with van der Waals surface area (Å²) >= 11 is 7.92. The summed E-state index contributed by atoms with van der Waals surface area (Å²) in [6.45, 7) is 2.26. The molecule has 1 aliphatic heterocycles. The van der Waals surface area contributed by atoms with Crippen molar-refractivity contribution >= 4 is 23.4 Å². The van der Waals surface area contributed by atoms with Gasteiger partial charge in [0.05, 0.1) is 0 Å². The Morgan fingerprint density at radius 3 is 2.80 bits per heavy atom. The minimum atomic E-state index is 0.477. The van der Waals surface area contributed by atoms with E-state index in [1.54, 1.807) is 0 Å². The maximum absolute atomic E-state index is 5.89. The smallest absolute Gasteiger partial charge is 0.0413 e. The molecule has 1 nitrogen and oxygen atoms in total. The lowest BCUT2D eigenvalue weighted by Crippen LogP contribution is -2.30. The SMILES string of the molecule is CC1CCSCC(c2ccc(Cl)cc2)N1. The van der Waals surface area contributed by atoms with Gasteiger partial charge in [-0.05, 0) is 36.8 Å². The molecule has 2 rings (SSSR count). The topological polar surface area (TPSA) is 12.0 Å². The second-order valence-corrected chi connectivity index (χ2v) is 5.62. The average Bonchev–Trinajstić information content (AvgIpc) is 2.44. The van der Waals surface area contributed by atoms with Crippen LogP contribution in [0.3, 0.4) is 0 Å². The van der Waals surface area contributed by atoms with Gasteiger partial charge in [0.15, 0.2) is 0 Å². The molecule has 0 bridgehead atoms. The summed E-state index contributed by atoms with van der Waals surface area (Å²) in [5.41, 5.74) is 1.35. The predicted molar refractivity (Wildman–Crippen MR) is 68.7 cm³/mol. The van der Waals surface area contributed by atoms with E-state index >= 15 is 0 Å². The molecular formula is C12H16ClNS. The fourth-order valence-corrected chi connectivity index (χ4v) is 3.16. The third-order valence-electron chi connectivity index (χ3n) is 2.74. The number of hydrogen-bond acceptors (Lipinski definition) is 2. The Hall–Kier alpha value is -0.180. The van der Waals surface area contributed by atoms with E-state index in [4.69, 9.17) is 11.6 Å². The van der Waals surface area contributed by atoms with Crippen molar-refractivity contribution in [2.24, 2.45) is 0 Å². The Balaban J connectivity index is 2.11. The molecule has 0 saturated carbocycles. The largest absolute Gasteiger partial charge is 0.307 e. The Morgan fingerprint density at radius 2 is 2.07 bits per heavy atom. The maximum Gasteiger partial charge on any atom is 0.0413 e. The van der Waals surface area contributed by atoms with Crippen LogP contribution in [0.1, 0.15) is 24.9 Å². The van der Waals surface area contributed by atoms with Gasteiger partial charge in [-0.3, -0.25) is 0 Å². The van der Waals surface area contributed by atoms with Crippen molar-refractivity contribution in [1.82, 2.24) is 5.32 Å². The van der Waals surface area contributed by atoms with Crippen molar-refractivity contribution in [1.29, 1.82) is 0 Å². The zero-order valence-corrected chi connectivity index (χ0v) is 10.4. The summed E-state index contributed by atoms with van der Waals surface area (Å²) in [5.74, 6) is 2.42. The van der Waals surface area contributed by atoms with Crippen molar-refractivity contribution in [3.8, 4) is 0 Å². The lowest BCUT2D eigenvalue weighted by molar-refractivity contribution is 0.485. The van der Waals surface area contributed by atoms with E-state index in [2.05, 4.69) is 24.4 Å². The van der Waals surface area contributed by atoms with Crippen LogP contribution in [-0.4, -0.2) is 17.5 Å². The third kappa shape index (κ3) is 3.13. The molecule has 3 heteroatoms. The molecule has 15 heavy (non-hydrogen) atoms. The van der Waals surface area contributed by atoms with Crippen LogP contribution in [0.15, 0.2) is 24.3 Å². The van der Waals surface area contributed by atoms with Gasteiger partial charge in [0.1, 0.15) is 0 Å². The summed E-state index contributed by atoms with van der Waals surface area (Å²) in [6, 6.07) is 9.28. The molecule has 0 aliphatic carbocycles. The number of rotatable bonds is 1. The molecule has 1 fully saturated rings. The molecule has 1 heterocycles. The fourth-order valence-electron chi connectivity index (χ4n) is 1.82. The van der Waals surface area contributed by atoms with Crippen LogP contribution in [0.25, 0.3) is 0 Å². The highest BCUT2D eigenvalue weighted by Gasteiger charge is 2.17. The van der Waals surface area contributed by atoms with Gasteiger partial charge in [-0.15, -0.1) is 0 Å². The first kappa shape index (κ1) is 11.3. The van der Waals surface area contributed by atoms with Crippen molar-refractivity contribution in [3.63, 3.8) is 0 Å². The Bertz CT molecular complexity index is 312. The normalized spacial score (nSPS) is 27.3. The van der Waals surface area contributed by atoms with Gasteiger partial charge in [-0.2, -0.15) is 11.8 Å². The van der Waals surface area contributed by atoms with Crippen molar-refractivity contribution in [3.05, 3.63) is 34.9 Å². The van der Waals surface area contributed by atoms with Gasteiger partial charge in [-0.25, -0.2) is 0 Å². The number of halogens is 1. The summed E-state index contributed by atoms with van der Waals surface area (Å²) in [6.07, 6.45) is 1.26. The first-order valence-electron chi connectivity index (χ1n) is 5.35. The second-order valence-electron chi connectivity index (χ2n) is 4.04. The molecule has 1 aromatic rings. The van der Waals surface area contributed by atoms with E-state index in [1.165, 1.54) is 17.7 Å². The standard InChI is InChI=1S/C12H16ClNS/c1-9-6-7-15-8-12(14-9)10-2-4-11(13)5-3-10/h2-5,9,12,14H,6-8H2,1H3. The Kier molecular flexibility index (Phi) is 3.95. The number of thioether (sulfide) groups is 1. The quantitative estimate of drug-likeness (QED) is 0.808. The zero-order valence-electron chi connectivity index (χ0n) is 8.87. The Morgan fingerprint density at radius 1 is 1.33 bits per heavy atom. The van der Waals surface area contributed by atoms with Gasteiger partial charge in [-0.1, -0.05) is 23.7 Å². The molecule has 0 amide bonds. The molecule has 1 aliphatic rings. The van der Waals surface area contributed by atoms with Crippen molar-refractivity contribution in [2.45, 2.75) is 25.4 Å². The van der Waals surface area contributed by atoms with Crippen LogP contribution in [0.5, 0.6) is 0 Å². The van der Waals surface area contributed by atoms with E-state index in [0.29, 0.717) is 12.1 Å². The molecule has 1 aromatic carbocycles. The van der Waals surface area contributed by atoms with Gasteiger partial charge >= 0.3 is 0 Å². The lowest BCUT2D eigenvalue weighted by atomic mass is 10.1. The number of nitrogens with one attached hydrogen (secondary N) is 1. The highest BCUT2D eigenvalue weighted by molar-refractivity contribution is 7.99. The molecule has 0 aromatic heterocycles. The van der Waals surface area contributed by atoms with Crippen molar-refractivity contribution < 1.29 is 0 Å². The van der Waals surface area contributed by atoms with Gasteiger partial charge in [0.2, 0.25) is 0 Å². The molecule has 0 radical (unpaired) electrons. The molecular weight excluding hydrogens is 226 g/mol. The number of hydrogen-bond donors (Lipinski definition) is 1. The molecule has 1 N–H and O–H groups in total. The van der Waals surface area contributed by atoms with Crippen LogP contribution in [0.2, 0.25) is 5.02 Å². The molecule has 82 valence electrons. The van der Waals surface area contributed by atoms with Crippen molar-refractivity contribution in [2.75, 3.05) is 11.5 Å². The minimum absolute atomic E-state index is 0.477. The van der Waals surface area contributed by atoms with Crippen LogP contribution < -0.4 is 5.32 Å². The summed E-state index contributed by atoms with van der Waals surface area (Å²) in [5, 5.41) is 4.46. The first-order chi connectivity index (χ1) is 7.25. The Labute approximate surface area is 101 Å². The first-order valence-corrected chi connectivity index (χ1v) is 6.88. The summed E-state index contributed by atoms with van der Waals surface area (Å²) < 4.78 is 0.